The van der Waals surface area contributed by atoms with Gasteiger partial charge in [-0.3, -0.25) is 14.5 Å². The van der Waals surface area contributed by atoms with Crippen LogP contribution in [-0.2, 0) is 13.0 Å². The Morgan fingerprint density at radius 3 is 2.65 bits per heavy atom. The molecule has 4 aromatic rings. The van der Waals surface area contributed by atoms with Gasteiger partial charge in [-0.2, -0.15) is 5.10 Å². The van der Waals surface area contributed by atoms with E-state index in [1.54, 1.807) is 0 Å². The number of benzene rings is 2. The summed E-state index contributed by atoms with van der Waals surface area (Å²) in [6.45, 7) is 7.25. The molecule has 0 aliphatic carbocycles. The average Bonchev–Trinajstić information content (AvgIpc) is 3.39. The van der Waals surface area contributed by atoms with Crippen molar-refractivity contribution in [3.05, 3.63) is 101 Å². The quantitative estimate of drug-likeness (QED) is 0.462. The maximum atomic E-state index is 12.7. The molecule has 1 N–H and O–H groups in total. The zero-order valence-electron chi connectivity index (χ0n) is 19.7. The number of hydrogen-bond donors (Lipinski definition) is 1. The van der Waals surface area contributed by atoms with Crippen LogP contribution in [0.25, 0.3) is 11.3 Å². The summed E-state index contributed by atoms with van der Waals surface area (Å²) in [5, 5.41) is 7.52. The van der Waals surface area contributed by atoms with Gasteiger partial charge in [-0.25, -0.2) is 0 Å². The summed E-state index contributed by atoms with van der Waals surface area (Å²) >= 11 is 0. The predicted molar refractivity (Wildman–Crippen MR) is 132 cm³/mol. The maximum Gasteiger partial charge on any atom is 0.251 e. The van der Waals surface area contributed by atoms with Crippen LogP contribution in [0, 0.1) is 20.8 Å². The van der Waals surface area contributed by atoms with E-state index in [9.17, 15) is 4.79 Å². The third-order valence-corrected chi connectivity index (χ3v) is 6.23. The normalized spacial score (nSPS) is 14.5. The Balaban J connectivity index is 1.18. The molecule has 1 atom stereocenters. The van der Waals surface area contributed by atoms with E-state index in [4.69, 9.17) is 4.74 Å². The molecule has 34 heavy (non-hydrogen) atoms. The van der Waals surface area contributed by atoms with Crippen molar-refractivity contribution in [1.29, 1.82) is 0 Å². The first-order valence-electron chi connectivity index (χ1n) is 11.6. The molecule has 0 bridgehead atoms. The maximum absolute atomic E-state index is 12.7. The molecule has 0 unspecified atom stereocenters. The van der Waals surface area contributed by atoms with E-state index in [1.807, 2.05) is 67.2 Å². The van der Waals surface area contributed by atoms with E-state index < -0.39 is 0 Å². The molecule has 0 radical (unpaired) electrons. The van der Waals surface area contributed by atoms with Gasteiger partial charge in [-0.1, -0.05) is 18.2 Å². The van der Waals surface area contributed by atoms with Crippen LogP contribution in [0.4, 0.5) is 0 Å². The highest BCUT2D eigenvalue weighted by Crippen LogP contribution is 2.33. The molecule has 2 aromatic heterocycles. The summed E-state index contributed by atoms with van der Waals surface area (Å²) in [4.78, 5) is 17.2. The highest BCUT2D eigenvalue weighted by Gasteiger charge is 2.24. The minimum absolute atomic E-state index is 0.0793. The van der Waals surface area contributed by atoms with Crippen molar-refractivity contribution in [2.45, 2.75) is 39.8 Å². The molecule has 0 saturated carbocycles. The van der Waals surface area contributed by atoms with Crippen LogP contribution in [0.3, 0.4) is 0 Å². The molecule has 6 nitrogen and oxygen atoms in total. The van der Waals surface area contributed by atoms with Crippen LogP contribution in [0.1, 0.15) is 38.4 Å². The number of ether oxygens (including phenoxy) is 1. The smallest absolute Gasteiger partial charge is 0.251 e. The van der Waals surface area contributed by atoms with E-state index in [0.717, 1.165) is 51.5 Å². The summed E-state index contributed by atoms with van der Waals surface area (Å²) in [7, 11) is 0. The van der Waals surface area contributed by atoms with Crippen LogP contribution in [0.15, 0.2) is 66.9 Å². The fraction of sp³-hybridized carbons (Fsp3) is 0.250. The molecule has 5 rings (SSSR count). The van der Waals surface area contributed by atoms with Crippen LogP contribution in [0.2, 0.25) is 0 Å². The molecule has 0 saturated heterocycles. The zero-order chi connectivity index (χ0) is 23.7. The number of aromatic nitrogens is 3. The highest BCUT2D eigenvalue weighted by molar-refractivity contribution is 5.94. The van der Waals surface area contributed by atoms with Gasteiger partial charge in [-0.05, 0) is 79.9 Å². The number of nitrogens with one attached hydrogen (secondary N) is 1. The Morgan fingerprint density at radius 1 is 1.09 bits per heavy atom. The summed E-state index contributed by atoms with van der Waals surface area (Å²) < 4.78 is 8.04. The number of fused-ring (bicyclic) bond motifs is 1. The second-order valence-electron chi connectivity index (χ2n) is 8.93. The van der Waals surface area contributed by atoms with Crippen molar-refractivity contribution in [2.24, 2.45) is 0 Å². The number of carbonyl (C=O) groups is 1. The van der Waals surface area contributed by atoms with E-state index in [2.05, 4.69) is 40.5 Å². The minimum atomic E-state index is -0.0954. The summed E-state index contributed by atoms with van der Waals surface area (Å²) in [6.07, 6.45) is 2.50. The summed E-state index contributed by atoms with van der Waals surface area (Å²) in [6, 6.07) is 20.0. The highest BCUT2D eigenvalue weighted by atomic mass is 16.5. The molecule has 2 aromatic carbocycles. The van der Waals surface area contributed by atoms with Gasteiger partial charge in [0, 0.05) is 29.4 Å². The van der Waals surface area contributed by atoms with Crippen molar-refractivity contribution in [1.82, 2.24) is 20.1 Å². The van der Waals surface area contributed by atoms with Crippen molar-refractivity contribution in [2.75, 3.05) is 6.54 Å². The van der Waals surface area contributed by atoms with Crippen LogP contribution >= 0.6 is 0 Å². The average molecular weight is 453 g/mol. The summed E-state index contributed by atoms with van der Waals surface area (Å²) in [5.74, 6) is 0.784. The Hall–Kier alpha value is -3.93. The molecule has 1 aliphatic rings. The lowest BCUT2D eigenvalue weighted by Gasteiger charge is -2.12. The first kappa shape index (κ1) is 21.9. The van der Waals surface area contributed by atoms with Crippen LogP contribution in [-0.4, -0.2) is 33.3 Å². The molecular weight excluding hydrogens is 424 g/mol. The molecular formula is C28H28N4O2. The monoisotopic (exact) mass is 452 g/mol. The van der Waals surface area contributed by atoms with E-state index >= 15 is 0 Å². The minimum Gasteiger partial charge on any atom is -0.488 e. The number of carbonyl (C=O) groups excluding carboxylic acids is 1. The molecule has 6 heteroatoms. The molecule has 0 spiro atoms. The van der Waals surface area contributed by atoms with Crippen molar-refractivity contribution in [3.63, 3.8) is 0 Å². The lowest BCUT2D eigenvalue weighted by atomic mass is 10.0. The Morgan fingerprint density at radius 2 is 1.91 bits per heavy atom. The Kier molecular flexibility index (Phi) is 5.88. The number of rotatable bonds is 6. The van der Waals surface area contributed by atoms with Gasteiger partial charge < -0.3 is 10.1 Å². The molecule has 0 fully saturated rings. The first-order chi connectivity index (χ1) is 16.5. The van der Waals surface area contributed by atoms with Crippen molar-refractivity contribution in [3.8, 4) is 17.0 Å². The van der Waals surface area contributed by atoms with Crippen molar-refractivity contribution >= 4 is 5.91 Å². The van der Waals surface area contributed by atoms with Crippen molar-refractivity contribution < 1.29 is 9.53 Å². The topological polar surface area (TPSA) is 69.0 Å². The number of pyridine rings is 1. The fourth-order valence-corrected chi connectivity index (χ4v) is 4.45. The number of hydrogen-bond acceptors (Lipinski definition) is 4. The van der Waals surface area contributed by atoms with Gasteiger partial charge in [0.05, 0.1) is 24.5 Å². The molecule has 3 heterocycles. The molecule has 172 valence electrons. The second kappa shape index (κ2) is 9.14. The first-order valence-corrected chi connectivity index (χ1v) is 11.6. The Bertz CT molecular complexity index is 1340. The predicted octanol–water partition coefficient (Wildman–Crippen LogP) is 4.65. The molecule has 1 amide bonds. The van der Waals surface area contributed by atoms with Crippen LogP contribution < -0.4 is 10.1 Å². The van der Waals surface area contributed by atoms with Gasteiger partial charge in [0.1, 0.15) is 11.9 Å². The second-order valence-corrected chi connectivity index (χ2v) is 8.93. The SMILES string of the molecule is Cc1cc(C)n(Cc2ccc(C(=O)NC[C@@H]3Cc4cc(-c5ncccc5C)ccc4O3)cc2)n1. The lowest BCUT2D eigenvalue weighted by Crippen LogP contribution is -2.34. The lowest BCUT2D eigenvalue weighted by molar-refractivity contribution is 0.0933. The third kappa shape index (κ3) is 4.57. The van der Waals surface area contributed by atoms with Gasteiger partial charge in [-0.15, -0.1) is 0 Å². The van der Waals surface area contributed by atoms with E-state index in [-0.39, 0.29) is 12.0 Å². The van der Waals surface area contributed by atoms with Gasteiger partial charge >= 0.3 is 0 Å². The van der Waals surface area contributed by atoms with Gasteiger partial charge in [0.15, 0.2) is 0 Å². The third-order valence-electron chi connectivity index (χ3n) is 6.23. The van der Waals surface area contributed by atoms with E-state index in [1.165, 1.54) is 0 Å². The van der Waals surface area contributed by atoms with Gasteiger partial charge in [0.2, 0.25) is 0 Å². The summed E-state index contributed by atoms with van der Waals surface area (Å²) in [5.41, 5.74) is 8.25. The molecule has 1 aliphatic heterocycles. The fourth-order valence-electron chi connectivity index (χ4n) is 4.45. The standard InChI is InChI=1S/C28H28N4O2/c1-18-5-4-12-29-27(18)23-10-11-26-24(14-23)15-25(34-26)16-30-28(33)22-8-6-21(7-9-22)17-32-20(3)13-19(2)31-32/h4-14,25H,15-17H2,1-3H3,(H,30,33)/t25-/m0/s1. The largest absolute Gasteiger partial charge is 0.488 e. The number of nitrogens with zero attached hydrogens (tertiary/aromatic N) is 3. The zero-order valence-corrected chi connectivity index (χ0v) is 19.7. The number of aryl methyl sites for hydroxylation is 3. The van der Waals surface area contributed by atoms with E-state index in [0.29, 0.717) is 18.7 Å². The van der Waals surface area contributed by atoms with Crippen LogP contribution in [0.5, 0.6) is 5.75 Å². The Labute approximate surface area is 199 Å². The van der Waals surface area contributed by atoms with Gasteiger partial charge in [0.25, 0.3) is 5.91 Å². The number of amides is 1.